The molecule has 67 heavy (non-hydrogen) atoms. The average Bonchev–Trinajstić information content (AvgIpc) is 3.33. The Morgan fingerprint density at radius 2 is 0.582 bits per heavy atom. The van der Waals surface area contributed by atoms with Gasteiger partial charge in [-0.05, 0) is 109 Å². The van der Waals surface area contributed by atoms with Crippen molar-refractivity contribution in [3.05, 3.63) is 72.9 Å². The minimum atomic E-state index is -0.791. The lowest BCUT2D eigenvalue weighted by atomic mass is 10.1. The predicted molar refractivity (Wildman–Crippen MR) is 288 cm³/mol. The molecule has 0 fully saturated rings. The van der Waals surface area contributed by atoms with Crippen LogP contribution >= 0.6 is 0 Å². The monoisotopic (exact) mass is 935 g/mol. The van der Waals surface area contributed by atoms with Crippen molar-refractivity contribution in [2.24, 2.45) is 0 Å². The van der Waals surface area contributed by atoms with Gasteiger partial charge in [-0.1, -0.05) is 222 Å². The van der Waals surface area contributed by atoms with E-state index >= 15 is 0 Å². The molecular weight excluding hydrogens is 829 g/mol. The van der Waals surface area contributed by atoms with Crippen LogP contribution in [-0.4, -0.2) is 37.2 Å². The van der Waals surface area contributed by atoms with Gasteiger partial charge in [0.25, 0.3) is 0 Å². The van der Waals surface area contributed by atoms with Gasteiger partial charge in [0.15, 0.2) is 6.10 Å². The van der Waals surface area contributed by atoms with Crippen molar-refractivity contribution in [2.75, 3.05) is 13.2 Å². The number of carbonyl (C=O) groups excluding carboxylic acids is 3. The number of ether oxygens (including phenoxy) is 3. The number of esters is 3. The fourth-order valence-electron chi connectivity index (χ4n) is 7.89. The highest BCUT2D eigenvalue weighted by molar-refractivity contribution is 5.71. The van der Waals surface area contributed by atoms with Crippen molar-refractivity contribution >= 4 is 17.9 Å². The number of hydrogen-bond acceptors (Lipinski definition) is 6. The molecule has 0 N–H and O–H groups in total. The Bertz CT molecular complexity index is 1260. The van der Waals surface area contributed by atoms with Gasteiger partial charge >= 0.3 is 17.9 Å². The van der Waals surface area contributed by atoms with E-state index in [4.69, 9.17) is 14.2 Å². The van der Waals surface area contributed by atoms with Crippen LogP contribution in [0.5, 0.6) is 0 Å². The Balaban J connectivity index is 4.39. The molecule has 0 saturated carbocycles. The van der Waals surface area contributed by atoms with Crippen LogP contribution in [0.1, 0.15) is 278 Å². The quantitative estimate of drug-likeness (QED) is 0.0262. The van der Waals surface area contributed by atoms with E-state index in [2.05, 4.69) is 93.7 Å². The van der Waals surface area contributed by atoms with Crippen molar-refractivity contribution in [3.63, 3.8) is 0 Å². The van der Waals surface area contributed by atoms with Crippen LogP contribution in [0.25, 0.3) is 0 Å². The lowest BCUT2D eigenvalue weighted by Gasteiger charge is -2.18. The van der Waals surface area contributed by atoms with E-state index in [1.807, 2.05) is 0 Å². The maximum absolute atomic E-state index is 12.8. The van der Waals surface area contributed by atoms with Crippen molar-refractivity contribution in [3.8, 4) is 0 Å². The maximum Gasteiger partial charge on any atom is 0.306 e. The molecule has 0 heterocycles. The first-order valence-electron chi connectivity index (χ1n) is 28.4. The second kappa shape index (κ2) is 55.4. The molecule has 0 aliphatic heterocycles. The van der Waals surface area contributed by atoms with Crippen LogP contribution in [-0.2, 0) is 28.6 Å². The zero-order valence-electron chi connectivity index (χ0n) is 44.2. The Morgan fingerprint density at radius 1 is 0.313 bits per heavy atom. The molecular formula is C61H106O6. The minimum Gasteiger partial charge on any atom is -0.462 e. The van der Waals surface area contributed by atoms with E-state index in [1.165, 1.54) is 148 Å². The van der Waals surface area contributed by atoms with Crippen LogP contribution in [0.3, 0.4) is 0 Å². The fraction of sp³-hybridized carbons (Fsp3) is 0.754. The van der Waals surface area contributed by atoms with E-state index in [0.29, 0.717) is 19.3 Å². The second-order valence-corrected chi connectivity index (χ2v) is 18.8. The summed E-state index contributed by atoms with van der Waals surface area (Å²) in [5.74, 6) is -0.920. The molecule has 0 bridgehead atoms. The Hall–Kier alpha value is -3.15. The van der Waals surface area contributed by atoms with Crippen molar-refractivity contribution in [1.29, 1.82) is 0 Å². The number of allylic oxidation sites excluding steroid dienone is 12. The molecule has 0 aromatic carbocycles. The lowest BCUT2D eigenvalue weighted by Crippen LogP contribution is -2.30. The summed E-state index contributed by atoms with van der Waals surface area (Å²) in [5.41, 5.74) is 0. The number of unbranched alkanes of at least 4 members (excludes halogenated alkanes) is 28. The summed E-state index contributed by atoms with van der Waals surface area (Å²) < 4.78 is 16.8. The van der Waals surface area contributed by atoms with E-state index < -0.39 is 6.10 Å². The summed E-state index contributed by atoms with van der Waals surface area (Å²) in [6.07, 6.45) is 70.3. The second-order valence-electron chi connectivity index (χ2n) is 18.8. The lowest BCUT2D eigenvalue weighted by molar-refractivity contribution is -0.167. The third-order valence-corrected chi connectivity index (χ3v) is 12.2. The molecule has 0 rings (SSSR count). The molecule has 0 aromatic rings. The largest absolute Gasteiger partial charge is 0.462 e. The van der Waals surface area contributed by atoms with Crippen molar-refractivity contribution in [1.82, 2.24) is 0 Å². The first-order valence-corrected chi connectivity index (χ1v) is 28.4. The molecule has 6 heteroatoms. The first kappa shape index (κ1) is 63.8. The van der Waals surface area contributed by atoms with Gasteiger partial charge in [-0.25, -0.2) is 0 Å². The highest BCUT2D eigenvalue weighted by Crippen LogP contribution is 2.15. The molecule has 0 amide bonds. The molecule has 386 valence electrons. The minimum absolute atomic E-state index is 0.0883. The van der Waals surface area contributed by atoms with Crippen LogP contribution in [0.15, 0.2) is 72.9 Å². The maximum atomic E-state index is 12.8. The Labute approximate surface area is 414 Å². The number of carbonyl (C=O) groups is 3. The highest BCUT2D eigenvalue weighted by atomic mass is 16.6. The van der Waals surface area contributed by atoms with Crippen molar-refractivity contribution < 1.29 is 28.6 Å². The summed E-state index contributed by atoms with van der Waals surface area (Å²) in [6, 6.07) is 0. The molecule has 0 aromatic heterocycles. The van der Waals surface area contributed by atoms with Gasteiger partial charge in [-0.2, -0.15) is 0 Å². The third kappa shape index (κ3) is 53.7. The Kier molecular flexibility index (Phi) is 52.8. The molecule has 0 radical (unpaired) electrons. The van der Waals surface area contributed by atoms with Gasteiger partial charge in [0.1, 0.15) is 13.2 Å². The summed E-state index contributed by atoms with van der Waals surface area (Å²) in [5, 5.41) is 0. The van der Waals surface area contributed by atoms with Gasteiger partial charge in [0, 0.05) is 19.3 Å². The number of rotatable bonds is 51. The van der Waals surface area contributed by atoms with Gasteiger partial charge in [0.05, 0.1) is 0 Å². The zero-order chi connectivity index (χ0) is 48.6. The van der Waals surface area contributed by atoms with Crippen LogP contribution in [0.4, 0.5) is 0 Å². The molecule has 1 atom stereocenters. The molecule has 0 aliphatic carbocycles. The van der Waals surface area contributed by atoms with Gasteiger partial charge in [-0.3, -0.25) is 14.4 Å². The Morgan fingerprint density at radius 3 is 0.970 bits per heavy atom. The summed E-state index contributed by atoms with van der Waals surface area (Å²) >= 11 is 0. The molecule has 0 spiro atoms. The van der Waals surface area contributed by atoms with Crippen LogP contribution < -0.4 is 0 Å². The van der Waals surface area contributed by atoms with E-state index in [0.717, 1.165) is 89.9 Å². The summed E-state index contributed by atoms with van der Waals surface area (Å²) in [6.45, 7) is 6.48. The highest BCUT2D eigenvalue weighted by Gasteiger charge is 2.19. The van der Waals surface area contributed by atoms with Crippen LogP contribution in [0.2, 0.25) is 0 Å². The third-order valence-electron chi connectivity index (χ3n) is 12.2. The predicted octanol–water partition coefficient (Wildman–Crippen LogP) is 19.0. The zero-order valence-corrected chi connectivity index (χ0v) is 44.2. The van der Waals surface area contributed by atoms with Gasteiger partial charge in [-0.15, -0.1) is 0 Å². The molecule has 6 nitrogen and oxygen atoms in total. The standard InChI is InChI=1S/C61H106O6/c1-4-7-10-13-16-19-22-25-27-29-30-32-33-36-39-42-45-48-51-54-60(63)66-57-58(56-65-59(62)53-50-47-44-41-38-35-24-21-18-15-12-9-6-3)67-61(64)55-52-49-46-43-40-37-34-31-28-26-23-20-17-14-11-8-5-2/h9,12,16,18-19,21,25-28,35,38,58H,4-8,10-11,13-15,17,20,22-24,29-34,36-37,39-57H2,1-3H3/b12-9-,19-16-,21-18-,27-25-,28-26-,38-35-. The smallest absolute Gasteiger partial charge is 0.306 e. The summed E-state index contributed by atoms with van der Waals surface area (Å²) in [4.78, 5) is 38.1. The first-order chi connectivity index (χ1) is 33.0. The number of hydrogen-bond donors (Lipinski definition) is 0. The van der Waals surface area contributed by atoms with E-state index in [1.54, 1.807) is 0 Å². The molecule has 1 unspecified atom stereocenters. The van der Waals surface area contributed by atoms with Gasteiger partial charge in [0.2, 0.25) is 0 Å². The SMILES string of the molecule is CC/C=C\C/C=C\C/C=C\CCCCCC(=O)OCC(COC(=O)CCCCCCCCCCC/C=C\C/C=C\CCCCC)OC(=O)CCCCCCCCC/C=C\CCCCCCCC. The molecule has 0 saturated heterocycles. The van der Waals surface area contributed by atoms with Gasteiger partial charge < -0.3 is 14.2 Å². The molecule has 0 aliphatic rings. The van der Waals surface area contributed by atoms with E-state index in [9.17, 15) is 14.4 Å². The van der Waals surface area contributed by atoms with E-state index in [-0.39, 0.29) is 31.1 Å². The van der Waals surface area contributed by atoms with Crippen LogP contribution in [0, 0.1) is 0 Å². The topological polar surface area (TPSA) is 78.9 Å². The summed E-state index contributed by atoms with van der Waals surface area (Å²) in [7, 11) is 0. The normalized spacial score (nSPS) is 12.6. The fourth-order valence-corrected chi connectivity index (χ4v) is 7.89. The average molecular weight is 936 g/mol. The van der Waals surface area contributed by atoms with Crippen molar-refractivity contribution in [2.45, 2.75) is 284 Å².